The Kier molecular flexibility index (Phi) is 6.76. The summed E-state index contributed by atoms with van der Waals surface area (Å²) in [5.41, 5.74) is 0.823. The zero-order chi connectivity index (χ0) is 15.8. The third kappa shape index (κ3) is 5.71. The van der Waals surface area contributed by atoms with Gasteiger partial charge in [-0.15, -0.1) is 11.8 Å². The summed E-state index contributed by atoms with van der Waals surface area (Å²) in [5, 5.41) is 7.55. The zero-order valence-corrected chi connectivity index (χ0v) is 14.4. The van der Waals surface area contributed by atoms with Crippen molar-refractivity contribution in [1.82, 2.24) is 10.3 Å². The zero-order valence-electron chi connectivity index (χ0n) is 12.0. The standard InChI is InChI=1S/C15H16ClN3OS2/c1-20-14-7-4-12(10-18-14)19-15(21)17-8-9-22-13-5-2-11(16)3-6-13/h2-7,10H,8-9H2,1H3,(H2,17,19,21). The van der Waals surface area contributed by atoms with E-state index in [-0.39, 0.29) is 0 Å². The van der Waals surface area contributed by atoms with Crippen molar-refractivity contribution < 1.29 is 4.74 Å². The molecule has 2 rings (SSSR count). The van der Waals surface area contributed by atoms with Crippen LogP contribution in [-0.4, -0.2) is 29.5 Å². The van der Waals surface area contributed by atoms with Crippen molar-refractivity contribution in [2.45, 2.75) is 4.90 Å². The van der Waals surface area contributed by atoms with E-state index in [1.807, 2.05) is 30.3 Å². The number of ether oxygens (including phenoxy) is 1. The Bertz CT molecular complexity index is 605. The van der Waals surface area contributed by atoms with E-state index in [9.17, 15) is 0 Å². The Balaban J connectivity index is 1.67. The van der Waals surface area contributed by atoms with Crippen LogP contribution in [0.15, 0.2) is 47.5 Å². The van der Waals surface area contributed by atoms with Crippen LogP contribution in [0.5, 0.6) is 5.88 Å². The van der Waals surface area contributed by atoms with Gasteiger partial charge >= 0.3 is 0 Å². The first-order valence-corrected chi connectivity index (χ1v) is 8.38. The topological polar surface area (TPSA) is 46.2 Å². The highest BCUT2D eigenvalue weighted by atomic mass is 35.5. The number of benzene rings is 1. The molecule has 2 aromatic rings. The average Bonchev–Trinajstić information content (AvgIpc) is 2.54. The summed E-state index contributed by atoms with van der Waals surface area (Å²) < 4.78 is 5.00. The molecule has 0 atom stereocenters. The van der Waals surface area contributed by atoms with E-state index >= 15 is 0 Å². The molecule has 1 aromatic heterocycles. The van der Waals surface area contributed by atoms with E-state index in [0.717, 1.165) is 23.0 Å². The summed E-state index contributed by atoms with van der Waals surface area (Å²) in [5.74, 6) is 1.48. The van der Waals surface area contributed by atoms with Crippen LogP contribution in [0.25, 0.3) is 0 Å². The number of pyridine rings is 1. The first-order chi connectivity index (χ1) is 10.7. The van der Waals surface area contributed by atoms with Crippen LogP contribution in [0.2, 0.25) is 5.02 Å². The molecule has 0 saturated heterocycles. The van der Waals surface area contributed by atoms with Gasteiger partial charge in [-0.05, 0) is 42.5 Å². The highest BCUT2D eigenvalue weighted by Crippen LogP contribution is 2.19. The van der Waals surface area contributed by atoms with E-state index in [0.29, 0.717) is 11.0 Å². The minimum Gasteiger partial charge on any atom is -0.481 e. The summed E-state index contributed by atoms with van der Waals surface area (Å²) in [6.45, 7) is 0.767. The van der Waals surface area contributed by atoms with Crippen LogP contribution in [0.4, 0.5) is 5.69 Å². The van der Waals surface area contributed by atoms with Gasteiger partial charge in [-0.1, -0.05) is 11.6 Å². The number of hydrogen-bond donors (Lipinski definition) is 2. The Hall–Kier alpha value is -1.50. The number of aromatic nitrogens is 1. The van der Waals surface area contributed by atoms with Crippen molar-refractivity contribution in [1.29, 1.82) is 0 Å². The molecule has 0 radical (unpaired) electrons. The van der Waals surface area contributed by atoms with E-state index in [1.165, 1.54) is 4.90 Å². The maximum atomic E-state index is 5.85. The molecule has 0 amide bonds. The summed E-state index contributed by atoms with van der Waals surface area (Å²) >= 11 is 12.8. The third-order valence-electron chi connectivity index (χ3n) is 2.67. The molecule has 22 heavy (non-hydrogen) atoms. The van der Waals surface area contributed by atoms with Crippen molar-refractivity contribution in [3.8, 4) is 5.88 Å². The quantitative estimate of drug-likeness (QED) is 0.467. The van der Waals surface area contributed by atoms with Crippen LogP contribution in [0, 0.1) is 0 Å². The maximum Gasteiger partial charge on any atom is 0.213 e. The Morgan fingerprint density at radius 2 is 2.05 bits per heavy atom. The molecular weight excluding hydrogens is 338 g/mol. The largest absolute Gasteiger partial charge is 0.481 e. The number of halogens is 1. The predicted octanol–water partition coefficient (Wildman–Crippen LogP) is 3.82. The van der Waals surface area contributed by atoms with Crippen LogP contribution >= 0.6 is 35.6 Å². The van der Waals surface area contributed by atoms with Gasteiger partial charge in [-0.3, -0.25) is 0 Å². The van der Waals surface area contributed by atoms with Gasteiger partial charge in [0.15, 0.2) is 5.11 Å². The van der Waals surface area contributed by atoms with Crippen LogP contribution in [0.1, 0.15) is 0 Å². The smallest absolute Gasteiger partial charge is 0.213 e. The molecule has 0 aliphatic rings. The Morgan fingerprint density at radius 3 is 2.68 bits per heavy atom. The van der Waals surface area contributed by atoms with E-state index in [1.54, 1.807) is 31.1 Å². The van der Waals surface area contributed by atoms with Crippen molar-refractivity contribution in [2.24, 2.45) is 0 Å². The average molecular weight is 354 g/mol. The molecule has 1 heterocycles. The fraction of sp³-hybridized carbons (Fsp3) is 0.200. The van der Waals surface area contributed by atoms with Gasteiger partial charge in [0.05, 0.1) is 19.0 Å². The van der Waals surface area contributed by atoms with Crippen molar-refractivity contribution in [3.63, 3.8) is 0 Å². The molecule has 7 heteroatoms. The lowest BCUT2D eigenvalue weighted by molar-refractivity contribution is 0.398. The van der Waals surface area contributed by atoms with Crippen LogP contribution in [0.3, 0.4) is 0 Å². The molecule has 0 bridgehead atoms. The van der Waals surface area contributed by atoms with Gasteiger partial charge < -0.3 is 15.4 Å². The van der Waals surface area contributed by atoms with Crippen molar-refractivity contribution in [2.75, 3.05) is 24.7 Å². The highest BCUT2D eigenvalue weighted by Gasteiger charge is 1.99. The molecule has 0 saturated carbocycles. The molecule has 1 aromatic carbocycles. The summed E-state index contributed by atoms with van der Waals surface area (Å²) in [6.07, 6.45) is 1.68. The van der Waals surface area contributed by atoms with Gasteiger partial charge in [-0.25, -0.2) is 4.98 Å². The SMILES string of the molecule is COc1ccc(NC(=S)NCCSc2ccc(Cl)cc2)cn1. The minimum atomic E-state index is 0.573. The molecular formula is C15H16ClN3OS2. The molecule has 0 unspecified atom stereocenters. The van der Waals surface area contributed by atoms with Gasteiger partial charge in [0, 0.05) is 28.3 Å². The normalized spacial score (nSPS) is 10.1. The summed E-state index contributed by atoms with van der Waals surface area (Å²) in [6, 6.07) is 11.4. The first-order valence-electron chi connectivity index (χ1n) is 6.60. The molecule has 0 fully saturated rings. The maximum absolute atomic E-state index is 5.85. The number of nitrogens with one attached hydrogen (secondary N) is 2. The third-order valence-corrected chi connectivity index (χ3v) is 4.19. The molecule has 0 aliphatic carbocycles. The molecule has 0 aliphatic heterocycles. The lowest BCUT2D eigenvalue weighted by Gasteiger charge is -2.10. The fourth-order valence-electron chi connectivity index (χ4n) is 1.61. The molecule has 4 nitrogen and oxygen atoms in total. The number of hydrogen-bond acceptors (Lipinski definition) is 4. The number of rotatable bonds is 6. The Labute approximate surface area is 144 Å². The molecule has 0 spiro atoms. The van der Waals surface area contributed by atoms with Crippen molar-refractivity contribution in [3.05, 3.63) is 47.6 Å². The van der Waals surface area contributed by atoms with E-state index < -0.39 is 0 Å². The lowest BCUT2D eigenvalue weighted by atomic mass is 10.4. The number of nitrogens with zero attached hydrogens (tertiary/aromatic N) is 1. The lowest BCUT2D eigenvalue weighted by Crippen LogP contribution is -2.30. The number of thioether (sulfide) groups is 1. The van der Waals surface area contributed by atoms with Gasteiger partial charge in [0.25, 0.3) is 0 Å². The van der Waals surface area contributed by atoms with Crippen molar-refractivity contribution >= 4 is 46.4 Å². The predicted molar refractivity (Wildman–Crippen MR) is 97.2 cm³/mol. The number of thiocarbonyl (C=S) groups is 1. The number of anilines is 1. The highest BCUT2D eigenvalue weighted by molar-refractivity contribution is 7.99. The van der Waals surface area contributed by atoms with Crippen LogP contribution in [-0.2, 0) is 0 Å². The van der Waals surface area contributed by atoms with E-state index in [4.69, 9.17) is 28.6 Å². The van der Waals surface area contributed by atoms with Gasteiger partial charge in [0.2, 0.25) is 5.88 Å². The second-order valence-electron chi connectivity index (χ2n) is 4.27. The molecule has 2 N–H and O–H groups in total. The minimum absolute atomic E-state index is 0.573. The second kappa shape index (κ2) is 8.82. The van der Waals surface area contributed by atoms with Crippen LogP contribution < -0.4 is 15.4 Å². The monoisotopic (exact) mass is 353 g/mol. The fourth-order valence-corrected chi connectivity index (χ4v) is 2.73. The first kappa shape index (κ1) is 16.9. The second-order valence-corrected chi connectivity index (χ2v) is 6.29. The van der Waals surface area contributed by atoms with Gasteiger partial charge in [-0.2, -0.15) is 0 Å². The number of methoxy groups -OCH3 is 1. The van der Waals surface area contributed by atoms with Gasteiger partial charge in [0.1, 0.15) is 0 Å². The summed E-state index contributed by atoms with van der Waals surface area (Å²) in [4.78, 5) is 5.29. The Morgan fingerprint density at radius 1 is 1.27 bits per heavy atom. The molecule has 116 valence electrons. The van der Waals surface area contributed by atoms with E-state index in [2.05, 4.69) is 15.6 Å². The summed E-state index contributed by atoms with van der Waals surface area (Å²) in [7, 11) is 1.58.